The molecule has 1 amide bonds. The predicted molar refractivity (Wildman–Crippen MR) is 83.9 cm³/mol. The topological polar surface area (TPSA) is 41.4 Å². The maximum atomic E-state index is 12.3. The molecule has 3 heterocycles. The van der Waals surface area contributed by atoms with Gasteiger partial charge >= 0.3 is 0 Å². The Kier molecular flexibility index (Phi) is 4.57. The number of rotatable bonds is 4. The first-order chi connectivity index (χ1) is 10.2. The lowest BCUT2D eigenvalue weighted by atomic mass is 10.3. The second kappa shape index (κ2) is 6.60. The van der Waals surface area contributed by atoms with Crippen LogP contribution in [-0.2, 0) is 6.54 Å². The number of piperazine rings is 1. The van der Waals surface area contributed by atoms with Gasteiger partial charge in [-0.15, -0.1) is 11.3 Å². The van der Waals surface area contributed by atoms with Crippen molar-refractivity contribution >= 4 is 28.8 Å². The lowest BCUT2D eigenvalue weighted by molar-refractivity contribution is 0.0636. The van der Waals surface area contributed by atoms with Crippen molar-refractivity contribution in [3.8, 4) is 0 Å². The molecule has 3 rings (SSSR count). The molecule has 0 N–H and O–H groups in total. The molecule has 2 aromatic heterocycles. The Hall–Kier alpha value is -1.37. The first-order valence-corrected chi connectivity index (χ1v) is 8.16. The zero-order valence-corrected chi connectivity index (χ0v) is 13.2. The third-order valence-corrected chi connectivity index (χ3v) is 4.87. The number of carbonyl (C=O) groups is 1. The largest absolute Gasteiger partial charge is 0.335 e. The van der Waals surface area contributed by atoms with Crippen LogP contribution >= 0.6 is 22.9 Å². The smallest absolute Gasteiger partial charge is 0.264 e. The molecule has 2 aromatic rings. The van der Waals surface area contributed by atoms with Crippen molar-refractivity contribution in [2.45, 2.75) is 6.54 Å². The fraction of sp³-hybridized carbons (Fsp3) is 0.429. The molecule has 1 aliphatic rings. The van der Waals surface area contributed by atoms with Gasteiger partial charge in [0.15, 0.2) is 0 Å². The van der Waals surface area contributed by atoms with Crippen LogP contribution in [0.15, 0.2) is 30.6 Å². The summed E-state index contributed by atoms with van der Waals surface area (Å²) < 4.78 is 2.60. The third kappa shape index (κ3) is 3.64. The molecular weight excluding hydrogens is 308 g/mol. The minimum atomic E-state index is 0.0960. The van der Waals surface area contributed by atoms with E-state index < -0.39 is 0 Å². The van der Waals surface area contributed by atoms with Gasteiger partial charge < -0.3 is 4.90 Å². The van der Waals surface area contributed by atoms with Gasteiger partial charge in [0.05, 0.1) is 15.8 Å². The van der Waals surface area contributed by atoms with E-state index in [0.717, 1.165) is 44.1 Å². The SMILES string of the molecule is O=C(c1ccc(Cl)s1)N1CCN(CCn2cccn2)CC1. The van der Waals surface area contributed by atoms with Gasteiger partial charge in [0.25, 0.3) is 5.91 Å². The minimum Gasteiger partial charge on any atom is -0.335 e. The van der Waals surface area contributed by atoms with E-state index in [1.165, 1.54) is 11.3 Å². The summed E-state index contributed by atoms with van der Waals surface area (Å²) in [6.45, 7) is 5.22. The molecule has 0 atom stereocenters. The fourth-order valence-corrected chi connectivity index (χ4v) is 3.45. The van der Waals surface area contributed by atoms with Crippen molar-refractivity contribution in [1.82, 2.24) is 19.6 Å². The highest BCUT2D eigenvalue weighted by molar-refractivity contribution is 7.17. The van der Waals surface area contributed by atoms with Gasteiger partial charge in [-0.1, -0.05) is 11.6 Å². The zero-order chi connectivity index (χ0) is 14.7. The quantitative estimate of drug-likeness (QED) is 0.864. The summed E-state index contributed by atoms with van der Waals surface area (Å²) in [7, 11) is 0. The van der Waals surface area contributed by atoms with Gasteiger partial charge in [-0.3, -0.25) is 14.4 Å². The molecule has 0 radical (unpaired) electrons. The van der Waals surface area contributed by atoms with E-state index in [1.54, 1.807) is 18.3 Å². The number of carbonyl (C=O) groups excluding carboxylic acids is 1. The Morgan fingerprint density at radius 1 is 1.24 bits per heavy atom. The van der Waals surface area contributed by atoms with Crippen LogP contribution < -0.4 is 0 Å². The Bertz CT molecular complexity index is 590. The summed E-state index contributed by atoms with van der Waals surface area (Å²) in [5.41, 5.74) is 0. The summed E-state index contributed by atoms with van der Waals surface area (Å²) in [4.78, 5) is 17.3. The first-order valence-electron chi connectivity index (χ1n) is 6.97. The summed E-state index contributed by atoms with van der Waals surface area (Å²) >= 11 is 7.24. The van der Waals surface area contributed by atoms with E-state index in [-0.39, 0.29) is 5.91 Å². The zero-order valence-electron chi connectivity index (χ0n) is 11.6. The van der Waals surface area contributed by atoms with Crippen molar-refractivity contribution in [3.05, 3.63) is 39.8 Å². The number of hydrogen-bond donors (Lipinski definition) is 0. The monoisotopic (exact) mass is 324 g/mol. The Balaban J connectivity index is 1.47. The van der Waals surface area contributed by atoms with Crippen LogP contribution in [0, 0.1) is 0 Å². The van der Waals surface area contributed by atoms with Crippen molar-refractivity contribution in [3.63, 3.8) is 0 Å². The summed E-state index contributed by atoms with van der Waals surface area (Å²) in [5, 5.41) is 4.20. The second-order valence-electron chi connectivity index (χ2n) is 5.01. The summed E-state index contributed by atoms with van der Waals surface area (Å²) in [6, 6.07) is 5.52. The Morgan fingerprint density at radius 3 is 2.67 bits per heavy atom. The number of halogens is 1. The molecule has 7 heteroatoms. The second-order valence-corrected chi connectivity index (χ2v) is 6.72. The average molecular weight is 325 g/mol. The molecule has 0 unspecified atom stereocenters. The van der Waals surface area contributed by atoms with Crippen molar-refractivity contribution in [1.29, 1.82) is 0 Å². The number of amides is 1. The fourth-order valence-electron chi connectivity index (χ4n) is 2.44. The lowest BCUT2D eigenvalue weighted by Gasteiger charge is -2.34. The van der Waals surface area contributed by atoms with Crippen LogP contribution in [0.2, 0.25) is 4.34 Å². The normalized spacial score (nSPS) is 16.3. The summed E-state index contributed by atoms with van der Waals surface area (Å²) in [5.74, 6) is 0.0960. The van der Waals surface area contributed by atoms with Crippen LogP contribution in [0.25, 0.3) is 0 Å². The van der Waals surface area contributed by atoms with Crippen molar-refractivity contribution in [2.75, 3.05) is 32.7 Å². The summed E-state index contributed by atoms with van der Waals surface area (Å²) in [6.07, 6.45) is 3.77. The van der Waals surface area contributed by atoms with E-state index in [1.807, 2.05) is 21.8 Å². The van der Waals surface area contributed by atoms with E-state index in [0.29, 0.717) is 4.34 Å². The molecular formula is C14H17ClN4OS. The standard InChI is InChI=1S/C14H17ClN4OS/c15-13-3-2-12(21-13)14(20)18-9-6-17(7-10-18)8-11-19-5-1-4-16-19/h1-5H,6-11H2. The van der Waals surface area contributed by atoms with E-state index in [2.05, 4.69) is 10.00 Å². The molecule has 0 saturated carbocycles. The molecule has 0 aliphatic carbocycles. The maximum Gasteiger partial charge on any atom is 0.264 e. The van der Waals surface area contributed by atoms with Gasteiger partial charge in [-0.05, 0) is 18.2 Å². The van der Waals surface area contributed by atoms with E-state index in [4.69, 9.17) is 11.6 Å². The number of nitrogens with zero attached hydrogens (tertiary/aromatic N) is 4. The highest BCUT2D eigenvalue weighted by Gasteiger charge is 2.22. The molecule has 5 nitrogen and oxygen atoms in total. The molecule has 112 valence electrons. The maximum absolute atomic E-state index is 12.3. The average Bonchev–Trinajstić information content (AvgIpc) is 3.16. The van der Waals surface area contributed by atoms with Gasteiger partial charge in [-0.2, -0.15) is 5.10 Å². The van der Waals surface area contributed by atoms with Gasteiger partial charge in [0.1, 0.15) is 0 Å². The van der Waals surface area contributed by atoms with Crippen LogP contribution in [0.1, 0.15) is 9.67 Å². The molecule has 1 aliphatic heterocycles. The van der Waals surface area contributed by atoms with Crippen LogP contribution in [0.4, 0.5) is 0 Å². The molecule has 1 saturated heterocycles. The van der Waals surface area contributed by atoms with Crippen LogP contribution in [-0.4, -0.2) is 58.2 Å². The number of aromatic nitrogens is 2. The van der Waals surface area contributed by atoms with Crippen LogP contribution in [0.5, 0.6) is 0 Å². The highest BCUT2D eigenvalue weighted by atomic mass is 35.5. The predicted octanol–water partition coefficient (Wildman–Crippen LogP) is 2.06. The first kappa shape index (κ1) is 14.6. The Labute approximate surface area is 132 Å². The van der Waals surface area contributed by atoms with E-state index in [9.17, 15) is 4.79 Å². The number of hydrogen-bond acceptors (Lipinski definition) is 4. The molecule has 0 aromatic carbocycles. The highest BCUT2D eigenvalue weighted by Crippen LogP contribution is 2.23. The number of thiophene rings is 1. The molecule has 0 bridgehead atoms. The molecule has 0 spiro atoms. The van der Waals surface area contributed by atoms with Crippen molar-refractivity contribution < 1.29 is 4.79 Å². The molecule has 21 heavy (non-hydrogen) atoms. The lowest BCUT2D eigenvalue weighted by Crippen LogP contribution is -2.49. The van der Waals surface area contributed by atoms with Crippen LogP contribution in [0.3, 0.4) is 0 Å². The van der Waals surface area contributed by atoms with Crippen molar-refractivity contribution in [2.24, 2.45) is 0 Å². The van der Waals surface area contributed by atoms with Gasteiger partial charge in [-0.25, -0.2) is 0 Å². The van der Waals surface area contributed by atoms with E-state index >= 15 is 0 Å². The Morgan fingerprint density at radius 2 is 2.05 bits per heavy atom. The van der Waals surface area contributed by atoms with Gasteiger partial charge in [0, 0.05) is 45.1 Å². The van der Waals surface area contributed by atoms with Gasteiger partial charge in [0.2, 0.25) is 0 Å². The minimum absolute atomic E-state index is 0.0960. The third-order valence-electron chi connectivity index (χ3n) is 3.65. The molecule has 1 fully saturated rings.